The molecule has 9 nitrogen and oxygen atoms in total. The fourth-order valence-electron chi connectivity index (χ4n) is 3.17. The van der Waals surface area contributed by atoms with Crippen LogP contribution in [0.2, 0.25) is 0 Å². The molecule has 0 spiro atoms. The summed E-state index contributed by atoms with van der Waals surface area (Å²) in [5.41, 5.74) is 2.14. The second-order valence-corrected chi connectivity index (χ2v) is 9.04. The third-order valence-corrected chi connectivity index (χ3v) is 6.43. The number of benzene rings is 2. The summed E-state index contributed by atoms with van der Waals surface area (Å²) in [6.45, 7) is 5.26. The van der Waals surface area contributed by atoms with Crippen molar-refractivity contribution in [3.05, 3.63) is 84.2 Å². The van der Waals surface area contributed by atoms with Crippen LogP contribution in [0.3, 0.4) is 0 Å². The molecular weight excluding hydrogens is 454 g/mol. The number of pyridine rings is 1. The Hall–Kier alpha value is -3.92. The maximum Gasteiger partial charge on any atom is 0.319 e. The van der Waals surface area contributed by atoms with Crippen molar-refractivity contribution >= 4 is 33.3 Å². The van der Waals surface area contributed by atoms with Gasteiger partial charge >= 0.3 is 6.03 Å². The minimum absolute atomic E-state index is 0.0422. The Morgan fingerprint density at radius 1 is 0.912 bits per heavy atom. The number of aromatic nitrogens is 1. The van der Waals surface area contributed by atoms with Crippen LogP contribution in [0.5, 0.6) is 0 Å². The van der Waals surface area contributed by atoms with Crippen molar-refractivity contribution in [2.24, 2.45) is 0 Å². The fourth-order valence-corrected chi connectivity index (χ4v) is 4.22. The molecule has 0 fully saturated rings. The van der Waals surface area contributed by atoms with E-state index < -0.39 is 16.1 Å². The molecule has 10 heteroatoms. The normalized spacial score (nSPS) is 10.9. The summed E-state index contributed by atoms with van der Waals surface area (Å²) in [5, 5.41) is 5.41. The Balaban J connectivity index is 1.58. The molecule has 3 aromatic rings. The molecule has 0 aliphatic rings. The molecule has 0 bridgehead atoms. The summed E-state index contributed by atoms with van der Waals surface area (Å²) in [7, 11) is -3.84. The van der Waals surface area contributed by atoms with E-state index in [4.69, 9.17) is 0 Å². The molecule has 3 amide bonds. The first-order valence-corrected chi connectivity index (χ1v) is 12.3. The highest BCUT2D eigenvalue weighted by atomic mass is 32.2. The monoisotopic (exact) mass is 481 g/mol. The predicted molar refractivity (Wildman–Crippen MR) is 131 cm³/mol. The van der Waals surface area contributed by atoms with Gasteiger partial charge in [-0.3, -0.25) is 14.5 Å². The van der Waals surface area contributed by atoms with Crippen LogP contribution >= 0.6 is 0 Å². The number of rotatable bonds is 9. The number of nitrogens with one attached hydrogen (secondary N) is 3. The molecule has 178 valence electrons. The molecule has 0 unspecified atom stereocenters. The van der Waals surface area contributed by atoms with E-state index in [2.05, 4.69) is 20.3 Å². The van der Waals surface area contributed by atoms with Gasteiger partial charge in [-0.2, -0.15) is 0 Å². The summed E-state index contributed by atoms with van der Waals surface area (Å²) in [6.07, 6.45) is 3.32. The largest absolute Gasteiger partial charge is 0.339 e. The summed E-state index contributed by atoms with van der Waals surface area (Å²) in [5.74, 6) is -0.144. The van der Waals surface area contributed by atoms with E-state index in [1.807, 2.05) is 19.9 Å². The average Bonchev–Trinajstić information content (AvgIpc) is 2.85. The smallest absolute Gasteiger partial charge is 0.319 e. The standard InChI is InChI=1S/C24H27N5O4S/c1-3-29(4-2)23(30)19-7-13-22(14-8-19)34(32,33)28-21-11-9-20(10-12-21)27-24(31)26-17-18-6-5-15-25-16-18/h5-16,28H,3-4,17H2,1-2H3,(H2,26,27,31). The Bertz CT molecular complexity index is 1210. The molecule has 2 aromatic carbocycles. The van der Waals surface area contributed by atoms with Crippen LogP contribution in [0.4, 0.5) is 16.2 Å². The molecule has 3 rings (SSSR count). The van der Waals surface area contributed by atoms with Crippen LogP contribution in [0.15, 0.2) is 78.0 Å². The summed E-state index contributed by atoms with van der Waals surface area (Å²) >= 11 is 0. The van der Waals surface area contributed by atoms with Gasteiger partial charge in [0.25, 0.3) is 15.9 Å². The fraction of sp³-hybridized carbons (Fsp3) is 0.208. The molecule has 0 saturated carbocycles. The van der Waals surface area contributed by atoms with Crippen LogP contribution in [-0.2, 0) is 16.6 Å². The van der Waals surface area contributed by atoms with E-state index >= 15 is 0 Å². The van der Waals surface area contributed by atoms with Crippen LogP contribution < -0.4 is 15.4 Å². The maximum atomic E-state index is 12.7. The Labute approximate surface area is 199 Å². The lowest BCUT2D eigenvalue weighted by atomic mass is 10.2. The second-order valence-electron chi connectivity index (χ2n) is 7.35. The maximum absolute atomic E-state index is 12.7. The molecule has 0 radical (unpaired) electrons. The molecule has 1 aromatic heterocycles. The van der Waals surface area contributed by atoms with Crippen LogP contribution in [-0.4, -0.2) is 43.3 Å². The SMILES string of the molecule is CCN(CC)C(=O)c1ccc(S(=O)(=O)Nc2ccc(NC(=O)NCc3cccnc3)cc2)cc1. The van der Waals surface area contributed by atoms with Gasteiger partial charge < -0.3 is 15.5 Å². The number of urea groups is 1. The first kappa shape index (κ1) is 24.7. The molecule has 0 atom stereocenters. The number of carbonyl (C=O) groups is 2. The summed E-state index contributed by atoms with van der Waals surface area (Å²) < 4.78 is 27.9. The van der Waals surface area contributed by atoms with E-state index in [-0.39, 0.29) is 10.8 Å². The van der Waals surface area contributed by atoms with Gasteiger partial charge in [-0.25, -0.2) is 13.2 Å². The topological polar surface area (TPSA) is 121 Å². The average molecular weight is 482 g/mol. The van der Waals surface area contributed by atoms with Crippen molar-refractivity contribution in [2.75, 3.05) is 23.1 Å². The highest BCUT2D eigenvalue weighted by molar-refractivity contribution is 7.92. The van der Waals surface area contributed by atoms with Crippen molar-refractivity contribution in [3.8, 4) is 0 Å². The third kappa shape index (κ3) is 6.55. The van der Waals surface area contributed by atoms with Gasteiger partial charge in [-0.15, -0.1) is 0 Å². The number of carbonyl (C=O) groups excluding carboxylic acids is 2. The molecular formula is C24H27N5O4S. The van der Waals surface area contributed by atoms with Gasteiger partial charge in [-0.05, 0) is 74.0 Å². The minimum atomic E-state index is -3.84. The van der Waals surface area contributed by atoms with Gasteiger partial charge in [0.1, 0.15) is 0 Å². The van der Waals surface area contributed by atoms with Crippen LogP contribution in [0.1, 0.15) is 29.8 Å². The van der Waals surface area contributed by atoms with Gasteiger partial charge in [-0.1, -0.05) is 6.07 Å². The van der Waals surface area contributed by atoms with Gasteiger partial charge in [0.15, 0.2) is 0 Å². The van der Waals surface area contributed by atoms with Crippen LogP contribution in [0, 0.1) is 0 Å². The molecule has 0 saturated heterocycles. The van der Waals surface area contributed by atoms with Gasteiger partial charge in [0.2, 0.25) is 0 Å². The Kier molecular flexibility index (Phi) is 8.20. The quantitative estimate of drug-likeness (QED) is 0.431. The molecule has 0 aliphatic heterocycles. The Morgan fingerprint density at radius 3 is 2.15 bits per heavy atom. The first-order valence-electron chi connectivity index (χ1n) is 10.8. The highest BCUT2D eigenvalue weighted by Gasteiger charge is 2.17. The van der Waals surface area contributed by atoms with Crippen molar-refractivity contribution in [2.45, 2.75) is 25.3 Å². The van der Waals surface area contributed by atoms with E-state index in [0.29, 0.717) is 36.6 Å². The first-order chi connectivity index (χ1) is 16.3. The number of amides is 3. The zero-order valence-electron chi connectivity index (χ0n) is 19.0. The second kappa shape index (κ2) is 11.3. The lowest BCUT2D eigenvalue weighted by Gasteiger charge is -2.18. The summed E-state index contributed by atoms with van der Waals surface area (Å²) in [4.78, 5) is 30.2. The lowest BCUT2D eigenvalue weighted by molar-refractivity contribution is 0.0773. The zero-order chi connectivity index (χ0) is 24.6. The Morgan fingerprint density at radius 2 is 1.56 bits per heavy atom. The van der Waals surface area contributed by atoms with Crippen molar-refractivity contribution in [1.29, 1.82) is 0 Å². The van der Waals surface area contributed by atoms with Crippen molar-refractivity contribution < 1.29 is 18.0 Å². The van der Waals surface area contributed by atoms with Crippen molar-refractivity contribution in [1.82, 2.24) is 15.2 Å². The summed E-state index contributed by atoms with van der Waals surface area (Å²) in [6, 6.07) is 15.3. The lowest BCUT2D eigenvalue weighted by Crippen LogP contribution is -2.30. The van der Waals surface area contributed by atoms with Gasteiger partial charge in [0, 0.05) is 49.0 Å². The van der Waals surface area contributed by atoms with Gasteiger partial charge in [0.05, 0.1) is 4.90 Å². The number of anilines is 2. The predicted octanol–water partition coefficient (Wildman–Crippen LogP) is 3.69. The van der Waals surface area contributed by atoms with E-state index in [1.54, 1.807) is 47.6 Å². The minimum Gasteiger partial charge on any atom is -0.339 e. The zero-order valence-corrected chi connectivity index (χ0v) is 19.8. The number of sulfonamides is 1. The molecule has 3 N–H and O–H groups in total. The molecule has 0 aliphatic carbocycles. The number of nitrogens with zero attached hydrogens (tertiary/aromatic N) is 2. The molecule has 1 heterocycles. The van der Waals surface area contributed by atoms with E-state index in [9.17, 15) is 18.0 Å². The molecule has 34 heavy (non-hydrogen) atoms. The van der Waals surface area contributed by atoms with E-state index in [0.717, 1.165) is 5.56 Å². The van der Waals surface area contributed by atoms with Crippen LogP contribution in [0.25, 0.3) is 0 Å². The number of hydrogen-bond donors (Lipinski definition) is 3. The van der Waals surface area contributed by atoms with E-state index in [1.165, 1.54) is 24.3 Å². The number of hydrogen-bond acceptors (Lipinski definition) is 5. The highest BCUT2D eigenvalue weighted by Crippen LogP contribution is 2.19. The van der Waals surface area contributed by atoms with Crippen molar-refractivity contribution in [3.63, 3.8) is 0 Å². The third-order valence-electron chi connectivity index (χ3n) is 5.03.